The largest absolute Gasteiger partial charge is 0.325 e. The van der Waals surface area contributed by atoms with Gasteiger partial charge in [-0.2, -0.15) is 0 Å². The smallest absolute Gasteiger partial charge is 0.233 e. The number of likely N-dealkylation sites (tertiary alicyclic amines) is 1. The normalized spacial score (nSPS) is 32.1. The van der Waals surface area contributed by atoms with Crippen molar-refractivity contribution in [1.82, 2.24) is 4.90 Å². The van der Waals surface area contributed by atoms with Gasteiger partial charge in [-0.25, -0.2) is 0 Å². The van der Waals surface area contributed by atoms with E-state index < -0.39 is 0 Å². The lowest BCUT2D eigenvalue weighted by Crippen LogP contribution is -2.37. The standard InChI is InChI=1S/C21H22Br2Cl2N2O3/c22-18-11-9-12(19(18)23)17-16(11)20(29)27(21(17)30)7-3-1-2-4-15(28)26-14-6-5-10(24)8-13(14)25/h5-6,8,11-12,16-19H,1-4,7,9H2,(H,26,28). The molecule has 9 heteroatoms. The second-order valence-corrected chi connectivity index (χ2v) is 11.3. The number of carbonyl (C=O) groups is 3. The molecule has 4 rings (SSSR count). The first-order valence-corrected chi connectivity index (χ1v) is 12.8. The first-order chi connectivity index (χ1) is 14.3. The molecule has 6 atom stereocenters. The summed E-state index contributed by atoms with van der Waals surface area (Å²) in [5.74, 6) is 0.0490. The van der Waals surface area contributed by atoms with Gasteiger partial charge in [-0.3, -0.25) is 19.3 Å². The van der Waals surface area contributed by atoms with Gasteiger partial charge in [0, 0.05) is 27.6 Å². The number of nitrogens with one attached hydrogen (secondary N) is 1. The Morgan fingerprint density at radius 1 is 1.03 bits per heavy atom. The number of halogens is 4. The van der Waals surface area contributed by atoms with Crippen LogP contribution >= 0.6 is 55.1 Å². The van der Waals surface area contributed by atoms with Gasteiger partial charge in [0.1, 0.15) is 0 Å². The molecule has 3 aliphatic rings. The molecule has 1 aliphatic heterocycles. The van der Waals surface area contributed by atoms with Crippen molar-refractivity contribution < 1.29 is 14.4 Å². The maximum absolute atomic E-state index is 12.9. The van der Waals surface area contributed by atoms with Crippen LogP contribution in [0.3, 0.4) is 0 Å². The number of fused-ring (bicyclic) bond motifs is 5. The molecule has 1 N–H and O–H groups in total. The molecule has 2 bridgehead atoms. The van der Waals surface area contributed by atoms with E-state index >= 15 is 0 Å². The molecule has 2 aliphatic carbocycles. The molecule has 3 fully saturated rings. The molecule has 1 aromatic rings. The number of anilines is 1. The van der Waals surface area contributed by atoms with Gasteiger partial charge >= 0.3 is 0 Å². The van der Waals surface area contributed by atoms with Crippen molar-refractivity contribution in [2.75, 3.05) is 11.9 Å². The van der Waals surface area contributed by atoms with Gasteiger partial charge in [0.25, 0.3) is 0 Å². The summed E-state index contributed by atoms with van der Waals surface area (Å²) < 4.78 is 0. The zero-order valence-electron chi connectivity index (χ0n) is 16.1. The molecule has 6 unspecified atom stereocenters. The predicted molar refractivity (Wildman–Crippen MR) is 124 cm³/mol. The van der Waals surface area contributed by atoms with Crippen LogP contribution < -0.4 is 5.32 Å². The summed E-state index contributed by atoms with van der Waals surface area (Å²) in [7, 11) is 0. The number of unbranched alkanes of at least 4 members (excludes halogenated alkanes) is 2. The molecule has 0 aromatic heterocycles. The zero-order chi connectivity index (χ0) is 21.6. The predicted octanol–water partition coefficient (Wildman–Crippen LogP) is 5.27. The number of nitrogens with zero attached hydrogens (tertiary/aromatic N) is 1. The topological polar surface area (TPSA) is 66.5 Å². The molecule has 1 aromatic carbocycles. The Morgan fingerprint density at radius 2 is 1.67 bits per heavy atom. The fourth-order valence-electron chi connectivity index (χ4n) is 5.17. The Hall–Kier alpha value is -0.630. The number of benzene rings is 1. The maximum Gasteiger partial charge on any atom is 0.233 e. The minimum atomic E-state index is -0.157. The quantitative estimate of drug-likeness (QED) is 0.271. The van der Waals surface area contributed by atoms with E-state index in [1.165, 1.54) is 4.90 Å². The third kappa shape index (κ3) is 4.07. The monoisotopic (exact) mass is 578 g/mol. The van der Waals surface area contributed by atoms with E-state index in [-0.39, 0.29) is 51.0 Å². The van der Waals surface area contributed by atoms with Crippen LogP contribution in [-0.4, -0.2) is 38.8 Å². The molecule has 30 heavy (non-hydrogen) atoms. The van der Waals surface area contributed by atoms with Crippen molar-refractivity contribution in [3.8, 4) is 0 Å². The van der Waals surface area contributed by atoms with Crippen LogP contribution in [0.15, 0.2) is 18.2 Å². The van der Waals surface area contributed by atoms with Gasteiger partial charge < -0.3 is 5.32 Å². The van der Waals surface area contributed by atoms with Gasteiger partial charge in [0.15, 0.2) is 0 Å². The Morgan fingerprint density at radius 3 is 2.27 bits per heavy atom. The SMILES string of the molecule is O=C(CCCCCN1C(=O)C2C3CC(C(Br)C3Br)C2C1=O)Nc1ccc(Cl)cc1Cl. The van der Waals surface area contributed by atoms with E-state index in [0.717, 1.165) is 12.8 Å². The molecule has 5 nitrogen and oxygen atoms in total. The molecule has 1 heterocycles. The molecular formula is C21H22Br2Cl2N2O3. The number of amides is 3. The van der Waals surface area contributed by atoms with Crippen molar-refractivity contribution in [2.24, 2.45) is 23.7 Å². The zero-order valence-corrected chi connectivity index (χ0v) is 20.8. The molecule has 1 saturated heterocycles. The van der Waals surface area contributed by atoms with Crippen LogP contribution in [0.4, 0.5) is 5.69 Å². The van der Waals surface area contributed by atoms with Crippen molar-refractivity contribution in [2.45, 2.75) is 41.8 Å². The highest BCUT2D eigenvalue weighted by Gasteiger charge is 2.66. The minimum absolute atomic E-state index is 0.00327. The second-order valence-electron chi connectivity index (χ2n) is 8.31. The van der Waals surface area contributed by atoms with Gasteiger partial charge in [0.05, 0.1) is 22.5 Å². The van der Waals surface area contributed by atoms with E-state index in [1.807, 2.05) is 0 Å². The van der Waals surface area contributed by atoms with Crippen LogP contribution in [0.5, 0.6) is 0 Å². The van der Waals surface area contributed by atoms with Crippen molar-refractivity contribution in [3.63, 3.8) is 0 Å². The fourth-order valence-corrected chi connectivity index (χ4v) is 7.50. The molecule has 162 valence electrons. The summed E-state index contributed by atoms with van der Waals surface area (Å²) in [4.78, 5) is 39.8. The summed E-state index contributed by atoms with van der Waals surface area (Å²) in [6.07, 6.45) is 3.45. The Labute approximate surface area is 202 Å². The second kappa shape index (κ2) is 9.08. The highest BCUT2D eigenvalue weighted by Crippen LogP contribution is 2.60. The van der Waals surface area contributed by atoms with Gasteiger partial charge in [0.2, 0.25) is 17.7 Å². The average Bonchev–Trinajstić information content (AvgIpc) is 3.30. The van der Waals surface area contributed by atoms with E-state index in [9.17, 15) is 14.4 Å². The summed E-state index contributed by atoms with van der Waals surface area (Å²) in [5.41, 5.74) is 0.538. The van der Waals surface area contributed by atoms with Crippen LogP contribution in [0.2, 0.25) is 10.0 Å². The van der Waals surface area contributed by atoms with Crippen LogP contribution in [0.25, 0.3) is 0 Å². The Kier molecular flexibility index (Phi) is 6.83. The third-order valence-corrected chi connectivity index (χ3v) is 10.3. The molecule has 0 radical (unpaired) electrons. The van der Waals surface area contributed by atoms with E-state index in [2.05, 4.69) is 37.2 Å². The number of hydrogen-bond acceptors (Lipinski definition) is 3. The fraction of sp³-hybridized carbons (Fsp3) is 0.571. The summed E-state index contributed by atoms with van der Waals surface area (Å²) >= 11 is 19.3. The van der Waals surface area contributed by atoms with Crippen LogP contribution in [0, 0.1) is 23.7 Å². The lowest BCUT2D eigenvalue weighted by Gasteiger charge is -2.28. The molecule has 2 saturated carbocycles. The van der Waals surface area contributed by atoms with Gasteiger partial charge in [-0.05, 0) is 49.3 Å². The lowest BCUT2D eigenvalue weighted by molar-refractivity contribution is -0.140. The number of rotatable bonds is 7. The highest BCUT2D eigenvalue weighted by atomic mass is 79.9. The first-order valence-electron chi connectivity index (χ1n) is 10.2. The van der Waals surface area contributed by atoms with Crippen molar-refractivity contribution >= 4 is 78.5 Å². The summed E-state index contributed by atoms with van der Waals surface area (Å²) in [6, 6.07) is 4.93. The third-order valence-electron chi connectivity index (χ3n) is 6.57. The molecule has 0 spiro atoms. The Balaban J connectivity index is 1.21. The highest BCUT2D eigenvalue weighted by molar-refractivity contribution is 9.12. The summed E-state index contributed by atoms with van der Waals surface area (Å²) in [6.45, 7) is 0.439. The Bertz CT molecular complexity index is 852. The van der Waals surface area contributed by atoms with Crippen molar-refractivity contribution in [1.29, 1.82) is 0 Å². The van der Waals surface area contributed by atoms with Gasteiger partial charge in [-0.1, -0.05) is 61.5 Å². The average molecular weight is 581 g/mol. The van der Waals surface area contributed by atoms with Crippen molar-refractivity contribution in [3.05, 3.63) is 28.2 Å². The van der Waals surface area contributed by atoms with Crippen LogP contribution in [0.1, 0.15) is 32.1 Å². The van der Waals surface area contributed by atoms with E-state index in [0.29, 0.717) is 41.5 Å². The number of hydrogen-bond donors (Lipinski definition) is 1. The number of alkyl halides is 2. The van der Waals surface area contributed by atoms with Gasteiger partial charge in [-0.15, -0.1) is 0 Å². The van der Waals surface area contributed by atoms with E-state index in [1.54, 1.807) is 18.2 Å². The molecular weight excluding hydrogens is 559 g/mol. The first kappa shape index (κ1) is 22.6. The number of imide groups is 1. The molecule has 3 amide bonds. The van der Waals surface area contributed by atoms with Crippen LogP contribution in [-0.2, 0) is 14.4 Å². The maximum atomic E-state index is 12.9. The lowest BCUT2D eigenvalue weighted by atomic mass is 9.81. The van der Waals surface area contributed by atoms with E-state index in [4.69, 9.17) is 23.2 Å². The summed E-state index contributed by atoms with van der Waals surface area (Å²) in [5, 5.41) is 3.69. The minimum Gasteiger partial charge on any atom is -0.325 e. The number of carbonyl (C=O) groups excluding carboxylic acids is 3.